The molecule has 0 saturated heterocycles. The number of benzene rings is 1. The summed E-state index contributed by atoms with van der Waals surface area (Å²) in [4.78, 5) is 21.5. The predicted octanol–water partition coefficient (Wildman–Crippen LogP) is 2.30. The Morgan fingerprint density at radius 1 is 1.48 bits per heavy atom. The molecule has 1 heterocycles. The van der Waals surface area contributed by atoms with Crippen molar-refractivity contribution in [2.75, 3.05) is 7.11 Å². The van der Waals surface area contributed by atoms with Crippen molar-refractivity contribution in [2.45, 2.75) is 17.4 Å². The Morgan fingerprint density at radius 3 is 2.90 bits per heavy atom. The standard InChI is InChI=1S/C12H11N3O5S/c1-7(11(16)19-2)21-12-14-13-10(20-12)8-4-3-5-9(6-8)15(17)18/h3-7H,1-2H3/t7-/m1/s1. The third-order valence-corrected chi connectivity index (χ3v) is 3.43. The topological polar surface area (TPSA) is 108 Å². The lowest BCUT2D eigenvalue weighted by Gasteiger charge is -2.04. The number of hydrogen-bond donors (Lipinski definition) is 0. The van der Waals surface area contributed by atoms with Crippen LogP contribution in [-0.2, 0) is 9.53 Å². The van der Waals surface area contributed by atoms with Crippen molar-refractivity contribution in [2.24, 2.45) is 0 Å². The smallest absolute Gasteiger partial charge is 0.319 e. The minimum absolute atomic E-state index is 0.0668. The number of rotatable bonds is 5. The summed E-state index contributed by atoms with van der Waals surface area (Å²) in [5.41, 5.74) is 0.372. The molecule has 1 aromatic carbocycles. The van der Waals surface area contributed by atoms with Gasteiger partial charge < -0.3 is 9.15 Å². The summed E-state index contributed by atoms with van der Waals surface area (Å²) >= 11 is 1.05. The lowest BCUT2D eigenvalue weighted by molar-refractivity contribution is -0.384. The summed E-state index contributed by atoms with van der Waals surface area (Å²) in [6.07, 6.45) is 0. The third-order valence-electron chi connectivity index (χ3n) is 2.52. The molecule has 0 spiro atoms. The third kappa shape index (κ3) is 3.57. The first kappa shape index (κ1) is 15.0. The molecule has 1 aromatic heterocycles. The fourth-order valence-corrected chi connectivity index (χ4v) is 2.20. The van der Waals surface area contributed by atoms with Crippen LogP contribution in [0.5, 0.6) is 0 Å². The molecule has 1 atom stereocenters. The molecular weight excluding hydrogens is 298 g/mol. The summed E-state index contributed by atoms with van der Waals surface area (Å²) < 4.78 is 9.97. The van der Waals surface area contributed by atoms with Crippen molar-refractivity contribution in [1.29, 1.82) is 0 Å². The van der Waals surface area contributed by atoms with Crippen molar-refractivity contribution in [3.05, 3.63) is 34.4 Å². The van der Waals surface area contributed by atoms with Crippen LogP contribution in [-0.4, -0.2) is 33.4 Å². The number of nitro groups is 1. The number of thioether (sulfide) groups is 1. The van der Waals surface area contributed by atoms with Crippen LogP contribution in [0.15, 0.2) is 33.9 Å². The van der Waals surface area contributed by atoms with E-state index in [1.807, 2.05) is 0 Å². The average Bonchev–Trinajstić information content (AvgIpc) is 2.95. The molecule has 2 aromatic rings. The molecule has 0 amide bonds. The Labute approximate surface area is 123 Å². The van der Waals surface area contributed by atoms with Gasteiger partial charge in [0.05, 0.1) is 12.0 Å². The van der Waals surface area contributed by atoms with Crippen LogP contribution in [0.3, 0.4) is 0 Å². The molecule has 0 radical (unpaired) electrons. The molecule has 0 N–H and O–H groups in total. The zero-order chi connectivity index (χ0) is 15.4. The molecule has 0 bridgehead atoms. The molecule has 0 aliphatic heterocycles. The Kier molecular flexibility index (Phi) is 4.53. The number of esters is 1. The number of hydrogen-bond acceptors (Lipinski definition) is 8. The highest BCUT2D eigenvalue weighted by atomic mass is 32.2. The maximum absolute atomic E-state index is 11.3. The quantitative estimate of drug-likeness (QED) is 0.358. The molecular formula is C12H11N3O5S. The first-order valence-electron chi connectivity index (χ1n) is 5.84. The Morgan fingerprint density at radius 2 is 2.24 bits per heavy atom. The Balaban J connectivity index is 2.18. The number of ether oxygens (including phenoxy) is 1. The van der Waals surface area contributed by atoms with Gasteiger partial charge >= 0.3 is 5.97 Å². The van der Waals surface area contributed by atoms with Crippen LogP contribution in [0.4, 0.5) is 5.69 Å². The van der Waals surface area contributed by atoms with Gasteiger partial charge in [0.25, 0.3) is 10.9 Å². The minimum atomic E-state index is -0.505. The highest BCUT2D eigenvalue weighted by molar-refractivity contribution is 8.00. The number of methoxy groups -OCH3 is 1. The van der Waals surface area contributed by atoms with Gasteiger partial charge in [-0.2, -0.15) is 0 Å². The van der Waals surface area contributed by atoms with E-state index in [-0.39, 0.29) is 16.8 Å². The zero-order valence-electron chi connectivity index (χ0n) is 11.2. The summed E-state index contributed by atoms with van der Waals surface area (Å²) in [7, 11) is 1.29. The van der Waals surface area contributed by atoms with Crippen molar-refractivity contribution in [1.82, 2.24) is 10.2 Å². The molecule has 110 valence electrons. The van der Waals surface area contributed by atoms with Crippen LogP contribution in [0.1, 0.15) is 6.92 Å². The number of non-ortho nitro benzene ring substituents is 1. The highest BCUT2D eigenvalue weighted by Crippen LogP contribution is 2.28. The van der Waals surface area contributed by atoms with Crippen LogP contribution < -0.4 is 0 Å². The maximum Gasteiger partial charge on any atom is 0.319 e. The van der Waals surface area contributed by atoms with Crippen molar-refractivity contribution in [3.63, 3.8) is 0 Å². The van der Waals surface area contributed by atoms with Gasteiger partial charge in [-0.3, -0.25) is 14.9 Å². The molecule has 0 fully saturated rings. The predicted molar refractivity (Wildman–Crippen MR) is 73.7 cm³/mol. The molecule has 2 rings (SSSR count). The Bertz CT molecular complexity index is 672. The summed E-state index contributed by atoms with van der Waals surface area (Å²) in [6, 6.07) is 5.86. The fraction of sp³-hybridized carbons (Fsp3) is 0.250. The first-order chi connectivity index (χ1) is 10.0. The van der Waals surface area contributed by atoms with Crippen LogP contribution in [0.2, 0.25) is 0 Å². The van der Waals surface area contributed by atoms with E-state index in [1.165, 1.54) is 25.3 Å². The number of nitro benzene ring substituents is 1. The first-order valence-corrected chi connectivity index (χ1v) is 6.72. The van der Waals surface area contributed by atoms with Gasteiger partial charge in [-0.1, -0.05) is 17.8 Å². The van der Waals surface area contributed by atoms with E-state index in [0.29, 0.717) is 5.56 Å². The second kappa shape index (κ2) is 6.35. The molecule has 9 heteroatoms. The summed E-state index contributed by atoms with van der Waals surface area (Å²) in [5, 5.41) is 18.0. The van der Waals surface area contributed by atoms with Gasteiger partial charge in [0.15, 0.2) is 0 Å². The van der Waals surface area contributed by atoms with E-state index in [9.17, 15) is 14.9 Å². The van der Waals surface area contributed by atoms with E-state index >= 15 is 0 Å². The maximum atomic E-state index is 11.3. The number of carbonyl (C=O) groups excluding carboxylic acids is 1. The molecule has 8 nitrogen and oxygen atoms in total. The lowest BCUT2D eigenvalue weighted by atomic mass is 10.2. The van der Waals surface area contributed by atoms with Crippen molar-refractivity contribution >= 4 is 23.4 Å². The second-order valence-corrected chi connectivity index (χ2v) is 5.26. The normalized spacial score (nSPS) is 11.9. The number of carbonyl (C=O) groups is 1. The van der Waals surface area contributed by atoms with Gasteiger partial charge in [-0.05, 0) is 13.0 Å². The monoisotopic (exact) mass is 309 g/mol. The molecule has 0 aliphatic carbocycles. The van der Waals surface area contributed by atoms with Crippen molar-refractivity contribution in [3.8, 4) is 11.5 Å². The average molecular weight is 309 g/mol. The molecule has 0 aliphatic rings. The summed E-state index contributed by atoms with van der Waals surface area (Å²) in [5.74, 6) is -0.256. The van der Waals surface area contributed by atoms with Gasteiger partial charge in [-0.15, -0.1) is 10.2 Å². The minimum Gasteiger partial charge on any atom is -0.468 e. The van der Waals surface area contributed by atoms with E-state index in [2.05, 4.69) is 14.9 Å². The van der Waals surface area contributed by atoms with E-state index in [1.54, 1.807) is 13.0 Å². The van der Waals surface area contributed by atoms with Gasteiger partial charge in [-0.25, -0.2) is 0 Å². The summed E-state index contributed by atoms with van der Waals surface area (Å²) in [6.45, 7) is 1.65. The van der Waals surface area contributed by atoms with E-state index in [4.69, 9.17) is 4.42 Å². The van der Waals surface area contributed by atoms with Crippen LogP contribution in [0.25, 0.3) is 11.5 Å². The van der Waals surface area contributed by atoms with Gasteiger partial charge in [0.1, 0.15) is 5.25 Å². The highest BCUT2D eigenvalue weighted by Gasteiger charge is 2.19. The molecule has 0 unspecified atom stereocenters. The second-order valence-electron chi connectivity index (χ2n) is 3.96. The molecule has 21 heavy (non-hydrogen) atoms. The van der Waals surface area contributed by atoms with E-state index < -0.39 is 16.1 Å². The molecule has 0 saturated carbocycles. The van der Waals surface area contributed by atoms with Gasteiger partial charge in [0.2, 0.25) is 5.89 Å². The van der Waals surface area contributed by atoms with Crippen LogP contribution >= 0.6 is 11.8 Å². The van der Waals surface area contributed by atoms with E-state index in [0.717, 1.165) is 11.8 Å². The van der Waals surface area contributed by atoms with Crippen molar-refractivity contribution < 1.29 is 18.9 Å². The number of aromatic nitrogens is 2. The Hall–Kier alpha value is -2.42. The SMILES string of the molecule is COC(=O)[C@@H](C)Sc1nnc(-c2cccc([N+](=O)[O-])c2)o1. The number of nitrogens with zero attached hydrogens (tertiary/aromatic N) is 3. The largest absolute Gasteiger partial charge is 0.468 e. The zero-order valence-corrected chi connectivity index (χ0v) is 12.0. The fourth-order valence-electron chi connectivity index (χ4n) is 1.49. The lowest BCUT2D eigenvalue weighted by Crippen LogP contribution is -2.14. The van der Waals surface area contributed by atoms with Crippen LogP contribution in [0, 0.1) is 10.1 Å². The van der Waals surface area contributed by atoms with Gasteiger partial charge in [0, 0.05) is 17.7 Å².